The molecule has 7 atom stereocenters. The Morgan fingerprint density at radius 1 is 1.02 bits per heavy atom. The molecule has 0 saturated carbocycles. The highest BCUT2D eigenvalue weighted by Crippen LogP contribution is 2.63. The summed E-state index contributed by atoms with van der Waals surface area (Å²) in [5.41, 5.74) is 4.35. The van der Waals surface area contributed by atoms with Crippen molar-refractivity contribution in [3.05, 3.63) is 62.7 Å². The van der Waals surface area contributed by atoms with Crippen LogP contribution in [0.1, 0.15) is 61.8 Å². The van der Waals surface area contributed by atoms with Crippen molar-refractivity contribution in [3.8, 4) is 46.3 Å². The molecule has 0 amide bonds. The van der Waals surface area contributed by atoms with E-state index in [1.165, 1.54) is 26.0 Å². The highest BCUT2D eigenvalue weighted by atomic mass is 32.2. The number of thioether (sulfide) groups is 1. The molecule has 7 aliphatic rings. The molecule has 0 aliphatic carbocycles. The minimum atomic E-state index is -1.32. The fourth-order valence-corrected chi connectivity index (χ4v) is 11.2. The Balaban J connectivity index is 1.29. The van der Waals surface area contributed by atoms with Crippen molar-refractivity contribution in [2.45, 2.75) is 67.7 Å². The van der Waals surface area contributed by atoms with Gasteiger partial charge in [-0.1, -0.05) is 6.07 Å². The van der Waals surface area contributed by atoms with Gasteiger partial charge < -0.3 is 44.3 Å². The van der Waals surface area contributed by atoms with Gasteiger partial charge in [-0.2, -0.15) is 5.26 Å². The van der Waals surface area contributed by atoms with E-state index in [-0.39, 0.29) is 48.2 Å². The number of rotatable bonds is 2. The first-order valence-corrected chi connectivity index (χ1v) is 18.1. The molecule has 13 nitrogen and oxygen atoms in total. The molecular formula is C37H38N4O9S. The molecule has 7 heterocycles. The third kappa shape index (κ3) is 4.29. The maximum atomic E-state index is 14.6. The summed E-state index contributed by atoms with van der Waals surface area (Å²) in [5.74, 6) is 1.29. The highest BCUT2D eigenvalue weighted by molar-refractivity contribution is 7.99. The maximum Gasteiger partial charge on any atom is 0.331 e. The number of esters is 1. The number of aryl methyl sites for hydroxylation is 1. The van der Waals surface area contributed by atoms with E-state index in [1.807, 2.05) is 13.0 Å². The van der Waals surface area contributed by atoms with E-state index in [0.717, 1.165) is 16.7 Å². The summed E-state index contributed by atoms with van der Waals surface area (Å²) in [7, 11) is 3.00. The van der Waals surface area contributed by atoms with Gasteiger partial charge in [0.1, 0.15) is 18.4 Å². The summed E-state index contributed by atoms with van der Waals surface area (Å²) >= 11 is 1.47. The first-order chi connectivity index (χ1) is 24.6. The monoisotopic (exact) mass is 714 g/mol. The second kappa shape index (κ2) is 11.5. The van der Waals surface area contributed by atoms with E-state index in [2.05, 4.69) is 21.6 Å². The average molecular weight is 715 g/mol. The number of nitriles is 1. The first-order valence-electron chi connectivity index (χ1n) is 17.0. The van der Waals surface area contributed by atoms with Gasteiger partial charge in [-0.3, -0.25) is 10.2 Å². The number of nitrogens with one attached hydrogen (secondary N) is 2. The number of methoxy groups -OCH3 is 2. The Hall–Kier alpha value is -4.55. The van der Waals surface area contributed by atoms with Gasteiger partial charge in [0.25, 0.3) is 0 Å². The van der Waals surface area contributed by atoms with Crippen LogP contribution < -0.4 is 29.6 Å². The number of nitrogens with zero attached hydrogens (tertiary/aromatic N) is 2. The third-order valence-corrected chi connectivity index (χ3v) is 13.2. The number of carbonyl (C=O) groups excluding carboxylic acids is 1. The lowest BCUT2D eigenvalue weighted by Crippen LogP contribution is -2.69. The predicted molar refractivity (Wildman–Crippen MR) is 184 cm³/mol. The second-order valence-corrected chi connectivity index (χ2v) is 15.2. The van der Waals surface area contributed by atoms with Crippen molar-refractivity contribution >= 4 is 17.7 Å². The van der Waals surface area contributed by atoms with Gasteiger partial charge in [0.15, 0.2) is 40.0 Å². The van der Waals surface area contributed by atoms with E-state index >= 15 is 0 Å². The van der Waals surface area contributed by atoms with Crippen molar-refractivity contribution < 1.29 is 43.8 Å². The van der Waals surface area contributed by atoms with Crippen LogP contribution >= 0.6 is 11.8 Å². The van der Waals surface area contributed by atoms with Crippen LogP contribution in [0.4, 0.5) is 0 Å². The summed E-state index contributed by atoms with van der Waals surface area (Å²) < 4.78 is 29.5. The molecule has 3 aromatic rings. The number of benzene rings is 3. The third-order valence-electron chi connectivity index (χ3n) is 11.7. The Kier molecular flexibility index (Phi) is 7.28. The molecule has 2 fully saturated rings. The Labute approximate surface area is 298 Å². The molecule has 10 rings (SSSR count). The van der Waals surface area contributed by atoms with Crippen molar-refractivity contribution in [3.63, 3.8) is 0 Å². The van der Waals surface area contributed by atoms with Gasteiger partial charge in [-0.15, -0.1) is 11.8 Å². The molecule has 51 heavy (non-hydrogen) atoms. The number of phenolic OH excluding ortho intramolecular Hbond substituents is 3. The zero-order valence-corrected chi connectivity index (χ0v) is 29.3. The lowest BCUT2D eigenvalue weighted by molar-refractivity contribution is -0.155. The van der Waals surface area contributed by atoms with Gasteiger partial charge in [-0.05, 0) is 61.1 Å². The van der Waals surface area contributed by atoms with Crippen LogP contribution in [0, 0.1) is 25.2 Å². The molecule has 14 heteroatoms. The largest absolute Gasteiger partial charge is 0.507 e. The van der Waals surface area contributed by atoms with Crippen LogP contribution in [-0.2, 0) is 27.9 Å². The second-order valence-electron chi connectivity index (χ2n) is 14.1. The normalized spacial score (nSPS) is 30.0. The topological polar surface area (TPSA) is 175 Å². The smallest absolute Gasteiger partial charge is 0.331 e. The summed E-state index contributed by atoms with van der Waals surface area (Å²) in [5, 5.41) is 52.2. The van der Waals surface area contributed by atoms with E-state index in [1.54, 1.807) is 19.1 Å². The molecule has 0 aromatic heterocycles. The molecule has 1 spiro atoms. The summed E-state index contributed by atoms with van der Waals surface area (Å²) in [4.78, 5) is 16.7. The summed E-state index contributed by atoms with van der Waals surface area (Å²) in [6.45, 7) is 3.95. The number of phenols is 3. The van der Waals surface area contributed by atoms with E-state index < -0.39 is 40.9 Å². The zero-order chi connectivity index (χ0) is 35.5. The lowest BCUT2D eigenvalue weighted by atomic mass is 9.72. The van der Waals surface area contributed by atoms with Crippen LogP contribution in [-0.4, -0.2) is 84.2 Å². The number of aromatic hydroxyl groups is 3. The average Bonchev–Trinajstić information content (AvgIpc) is 3.61. The van der Waals surface area contributed by atoms with Gasteiger partial charge in [0.05, 0.1) is 37.6 Å². The molecule has 4 bridgehead atoms. The predicted octanol–water partition coefficient (Wildman–Crippen LogP) is 3.43. The number of ether oxygens (including phenoxy) is 5. The van der Waals surface area contributed by atoms with E-state index in [4.69, 9.17) is 23.7 Å². The minimum absolute atomic E-state index is 0.0129. The van der Waals surface area contributed by atoms with Crippen molar-refractivity contribution in [1.29, 1.82) is 5.26 Å². The number of fused-ring (bicyclic) bond motifs is 9. The quantitative estimate of drug-likeness (QED) is 0.244. The number of piperazine rings is 1. The Bertz CT molecular complexity index is 2070. The Morgan fingerprint density at radius 3 is 2.59 bits per heavy atom. The van der Waals surface area contributed by atoms with Crippen LogP contribution in [0.15, 0.2) is 18.2 Å². The van der Waals surface area contributed by atoms with Crippen LogP contribution in [0.3, 0.4) is 0 Å². The minimum Gasteiger partial charge on any atom is -0.507 e. The van der Waals surface area contributed by atoms with Crippen molar-refractivity contribution in [2.24, 2.45) is 0 Å². The van der Waals surface area contributed by atoms with Crippen LogP contribution in [0.25, 0.3) is 0 Å². The number of hydrogen-bond donors (Lipinski definition) is 5. The zero-order valence-electron chi connectivity index (χ0n) is 28.5. The molecule has 0 radical (unpaired) electrons. The fourth-order valence-electron chi connectivity index (χ4n) is 9.53. The number of carbonyl (C=O) groups is 1. The standard InChI is InChI=1S/C37H38N4O9S/c1-15-7-18-8-20-21(11-38)41-22-12-48-36(45)37(19-10-24(46-3)23(42)9-17(19)5-6-39-37)13-51-35(29(41)28(40-20)25(18)31(44)32(15)47-4)27-26(22)34-33(49-14-50-34)16(2)30(27)43/h7,9-10,20-22,28-29,35,39-40,42-44H,5-6,8,12-14H2,1-4H3/t20-,21-,22-,28+,29?,35+,37+/m0/s1. The van der Waals surface area contributed by atoms with Gasteiger partial charge in [-0.25, -0.2) is 4.79 Å². The van der Waals surface area contributed by atoms with E-state index in [0.29, 0.717) is 64.5 Å². The van der Waals surface area contributed by atoms with Crippen molar-refractivity contribution in [2.75, 3.05) is 39.9 Å². The highest BCUT2D eigenvalue weighted by Gasteiger charge is 2.60. The van der Waals surface area contributed by atoms with Gasteiger partial charge in [0.2, 0.25) is 6.79 Å². The first kappa shape index (κ1) is 32.4. The SMILES string of the molecule is COc1cc2c(cc1O)CCN[C@]21CS[C@@H]2c3c(O)c(C)c4c(c3[C@H](COC1=O)N1C2[C@@H]2N[C@@H](Cc3cc(C)c(OC)c(O)c32)[C@@H]1C#N)OCO4. The molecule has 266 valence electrons. The van der Waals surface area contributed by atoms with Gasteiger partial charge >= 0.3 is 5.97 Å². The molecule has 3 aromatic carbocycles. The summed E-state index contributed by atoms with van der Waals surface area (Å²) in [6, 6.07) is 5.25. The van der Waals surface area contributed by atoms with Crippen LogP contribution in [0.2, 0.25) is 0 Å². The molecule has 5 N–H and O–H groups in total. The number of hydrogen-bond acceptors (Lipinski definition) is 14. The van der Waals surface area contributed by atoms with Gasteiger partial charge in [0, 0.05) is 46.6 Å². The lowest BCUT2D eigenvalue weighted by Gasteiger charge is -2.59. The van der Waals surface area contributed by atoms with E-state index in [9.17, 15) is 25.4 Å². The molecular weight excluding hydrogens is 676 g/mol. The fraction of sp³-hybridized carbons (Fsp3) is 0.459. The Morgan fingerprint density at radius 2 is 1.82 bits per heavy atom. The molecule has 2 saturated heterocycles. The maximum absolute atomic E-state index is 14.6. The summed E-state index contributed by atoms with van der Waals surface area (Å²) in [6.07, 6.45) is 1.06. The molecule has 7 aliphatic heterocycles. The van der Waals surface area contributed by atoms with Crippen molar-refractivity contribution in [1.82, 2.24) is 15.5 Å². The molecule has 1 unspecified atom stereocenters. The van der Waals surface area contributed by atoms with Crippen LogP contribution in [0.5, 0.6) is 40.2 Å².